The van der Waals surface area contributed by atoms with Crippen molar-refractivity contribution < 1.29 is 17.9 Å². The molecule has 2 aromatic carbocycles. The zero-order valence-electron chi connectivity index (χ0n) is 17.7. The van der Waals surface area contributed by atoms with Gasteiger partial charge < -0.3 is 10.1 Å². The molecule has 162 valence electrons. The Balaban J connectivity index is 1.57. The number of nitrogens with one attached hydrogen (secondary N) is 1. The average Bonchev–Trinajstić information content (AvgIpc) is 2.70. The molecule has 1 aliphatic rings. The molecule has 0 aliphatic carbocycles. The smallest absolute Gasteiger partial charge is 0.243 e. The molecule has 1 amide bonds. The van der Waals surface area contributed by atoms with Gasteiger partial charge >= 0.3 is 0 Å². The van der Waals surface area contributed by atoms with E-state index < -0.39 is 10.0 Å². The van der Waals surface area contributed by atoms with Crippen molar-refractivity contribution in [3.63, 3.8) is 0 Å². The molecule has 0 spiro atoms. The molecular weight excluding hydrogens is 402 g/mol. The number of hydrogen-bond acceptors (Lipinski definition) is 5. The maximum atomic E-state index is 13.0. The molecule has 1 N–H and O–H groups in total. The van der Waals surface area contributed by atoms with Crippen molar-refractivity contribution in [1.29, 1.82) is 0 Å². The Bertz CT molecular complexity index is 999. The van der Waals surface area contributed by atoms with Crippen LogP contribution >= 0.6 is 0 Å². The number of carbonyl (C=O) groups is 1. The summed E-state index contributed by atoms with van der Waals surface area (Å²) in [7, 11) is -3.53. The Morgan fingerprint density at radius 1 is 1.07 bits per heavy atom. The van der Waals surface area contributed by atoms with E-state index in [1.807, 2.05) is 56.0 Å². The fourth-order valence-corrected chi connectivity index (χ4v) is 5.23. The monoisotopic (exact) mass is 431 g/mol. The van der Waals surface area contributed by atoms with Crippen molar-refractivity contribution in [3.8, 4) is 5.75 Å². The molecule has 8 heteroatoms. The lowest BCUT2D eigenvalue weighted by atomic mass is 10.2. The van der Waals surface area contributed by atoms with Crippen LogP contribution in [0.4, 0.5) is 5.69 Å². The number of anilines is 1. The van der Waals surface area contributed by atoms with Crippen LogP contribution in [-0.4, -0.2) is 62.9 Å². The molecule has 0 aromatic heterocycles. The number of benzene rings is 2. The molecule has 3 rings (SSSR count). The fourth-order valence-electron chi connectivity index (χ4n) is 3.60. The summed E-state index contributed by atoms with van der Waals surface area (Å²) in [6, 6.07) is 12.7. The molecule has 0 bridgehead atoms. The minimum atomic E-state index is -3.53. The van der Waals surface area contributed by atoms with Crippen molar-refractivity contribution in [2.75, 3.05) is 44.6 Å². The van der Waals surface area contributed by atoms with Crippen LogP contribution < -0.4 is 10.1 Å². The van der Waals surface area contributed by atoms with Crippen molar-refractivity contribution >= 4 is 21.6 Å². The summed E-state index contributed by atoms with van der Waals surface area (Å²) in [5.74, 6) is 0.491. The number of hydrogen-bond donors (Lipinski definition) is 1. The molecule has 7 nitrogen and oxygen atoms in total. The Morgan fingerprint density at radius 2 is 1.77 bits per heavy atom. The molecule has 0 atom stereocenters. The lowest BCUT2D eigenvalue weighted by molar-refractivity contribution is -0.117. The Hall–Kier alpha value is -2.42. The molecule has 0 radical (unpaired) electrons. The highest BCUT2D eigenvalue weighted by Crippen LogP contribution is 2.24. The number of amides is 1. The predicted octanol–water partition coefficient (Wildman–Crippen LogP) is 2.65. The number of aryl methyl sites for hydroxylation is 2. The fraction of sp³-hybridized carbons (Fsp3) is 0.409. The number of piperazine rings is 1. The van der Waals surface area contributed by atoms with E-state index in [0.29, 0.717) is 49.1 Å². The summed E-state index contributed by atoms with van der Waals surface area (Å²) in [6.45, 7) is 8.11. The first kappa shape index (κ1) is 22.3. The number of sulfonamides is 1. The first-order valence-electron chi connectivity index (χ1n) is 10.1. The van der Waals surface area contributed by atoms with Gasteiger partial charge in [-0.05, 0) is 44.5 Å². The molecular formula is C22H29N3O4S. The minimum Gasteiger partial charge on any atom is -0.492 e. The van der Waals surface area contributed by atoms with Gasteiger partial charge in [-0.3, -0.25) is 9.69 Å². The standard InChI is InChI=1S/C22H29N3O4S/c1-4-29-20-8-6-5-7-19(20)23-22(26)16-24-11-13-25(14-12-24)30(27,28)21-10-9-17(2)15-18(21)3/h5-10,15H,4,11-14,16H2,1-3H3,(H,23,26). The second kappa shape index (κ2) is 9.59. The minimum absolute atomic E-state index is 0.146. The summed E-state index contributed by atoms with van der Waals surface area (Å²) in [5, 5.41) is 2.89. The molecule has 1 fully saturated rings. The second-order valence-electron chi connectivity index (χ2n) is 7.43. The van der Waals surface area contributed by atoms with Gasteiger partial charge in [0.2, 0.25) is 15.9 Å². The summed E-state index contributed by atoms with van der Waals surface area (Å²) in [5.41, 5.74) is 2.43. The highest BCUT2D eigenvalue weighted by Gasteiger charge is 2.30. The second-order valence-corrected chi connectivity index (χ2v) is 9.33. The molecule has 30 heavy (non-hydrogen) atoms. The first-order chi connectivity index (χ1) is 14.3. The SMILES string of the molecule is CCOc1ccccc1NC(=O)CN1CCN(S(=O)(=O)c2ccc(C)cc2C)CC1. The normalized spacial score (nSPS) is 15.7. The Morgan fingerprint density at radius 3 is 2.43 bits per heavy atom. The summed E-state index contributed by atoms with van der Waals surface area (Å²) >= 11 is 0. The highest BCUT2D eigenvalue weighted by molar-refractivity contribution is 7.89. The van der Waals surface area contributed by atoms with E-state index in [1.165, 1.54) is 4.31 Å². The zero-order valence-corrected chi connectivity index (χ0v) is 18.5. The molecule has 1 saturated heterocycles. The van der Waals surface area contributed by atoms with Crippen LogP contribution in [0.5, 0.6) is 5.75 Å². The van der Waals surface area contributed by atoms with Crippen LogP contribution in [0.2, 0.25) is 0 Å². The maximum absolute atomic E-state index is 13.0. The van der Waals surface area contributed by atoms with Crippen LogP contribution in [0.25, 0.3) is 0 Å². The van der Waals surface area contributed by atoms with Gasteiger partial charge in [0.25, 0.3) is 0 Å². The predicted molar refractivity (Wildman–Crippen MR) is 117 cm³/mol. The van der Waals surface area contributed by atoms with Gasteiger partial charge in [0.1, 0.15) is 5.75 Å². The van der Waals surface area contributed by atoms with Crippen LogP contribution in [0.15, 0.2) is 47.4 Å². The molecule has 1 heterocycles. The third-order valence-corrected chi connectivity index (χ3v) is 7.17. The Labute approximate surface area is 178 Å². The van der Waals surface area contributed by atoms with E-state index in [0.717, 1.165) is 11.1 Å². The molecule has 0 unspecified atom stereocenters. The lowest BCUT2D eigenvalue weighted by Crippen LogP contribution is -2.50. The zero-order chi connectivity index (χ0) is 21.7. The van der Waals surface area contributed by atoms with Crippen molar-refractivity contribution in [2.24, 2.45) is 0 Å². The number of rotatable bonds is 7. The van der Waals surface area contributed by atoms with E-state index in [2.05, 4.69) is 5.32 Å². The van der Waals surface area contributed by atoms with E-state index in [4.69, 9.17) is 4.74 Å². The van der Waals surface area contributed by atoms with E-state index in [1.54, 1.807) is 12.1 Å². The first-order valence-corrected chi connectivity index (χ1v) is 11.6. The number of para-hydroxylation sites is 2. The quantitative estimate of drug-likeness (QED) is 0.729. The lowest BCUT2D eigenvalue weighted by Gasteiger charge is -2.33. The van der Waals surface area contributed by atoms with Gasteiger partial charge in [-0.2, -0.15) is 4.31 Å². The van der Waals surface area contributed by atoms with Gasteiger partial charge in [0.15, 0.2) is 0 Å². The van der Waals surface area contributed by atoms with Crippen LogP contribution in [-0.2, 0) is 14.8 Å². The van der Waals surface area contributed by atoms with Crippen LogP contribution in [0, 0.1) is 13.8 Å². The number of carbonyl (C=O) groups excluding carboxylic acids is 1. The summed E-state index contributed by atoms with van der Waals surface area (Å²) in [6.07, 6.45) is 0. The van der Waals surface area contributed by atoms with E-state index >= 15 is 0 Å². The van der Waals surface area contributed by atoms with Gasteiger partial charge in [0.05, 0.1) is 23.7 Å². The van der Waals surface area contributed by atoms with E-state index in [9.17, 15) is 13.2 Å². The van der Waals surface area contributed by atoms with Crippen molar-refractivity contribution in [3.05, 3.63) is 53.6 Å². The molecule has 0 saturated carbocycles. The average molecular weight is 432 g/mol. The maximum Gasteiger partial charge on any atom is 0.243 e. The van der Waals surface area contributed by atoms with Crippen LogP contribution in [0.1, 0.15) is 18.1 Å². The third-order valence-electron chi connectivity index (χ3n) is 5.11. The largest absolute Gasteiger partial charge is 0.492 e. The van der Waals surface area contributed by atoms with Gasteiger partial charge in [-0.15, -0.1) is 0 Å². The summed E-state index contributed by atoms with van der Waals surface area (Å²) < 4.78 is 33.0. The van der Waals surface area contributed by atoms with E-state index in [-0.39, 0.29) is 12.5 Å². The van der Waals surface area contributed by atoms with Crippen LogP contribution in [0.3, 0.4) is 0 Å². The van der Waals surface area contributed by atoms with Gasteiger partial charge in [-0.1, -0.05) is 29.8 Å². The number of nitrogens with zero attached hydrogens (tertiary/aromatic N) is 2. The van der Waals surface area contributed by atoms with Crippen molar-refractivity contribution in [1.82, 2.24) is 9.21 Å². The topological polar surface area (TPSA) is 79.0 Å². The molecule has 1 aliphatic heterocycles. The summed E-state index contributed by atoms with van der Waals surface area (Å²) in [4.78, 5) is 14.8. The third kappa shape index (κ3) is 5.19. The highest BCUT2D eigenvalue weighted by atomic mass is 32.2. The number of ether oxygens (including phenoxy) is 1. The molecule has 2 aromatic rings. The van der Waals surface area contributed by atoms with Gasteiger partial charge in [-0.25, -0.2) is 8.42 Å². The van der Waals surface area contributed by atoms with Crippen molar-refractivity contribution in [2.45, 2.75) is 25.7 Å². The van der Waals surface area contributed by atoms with Gasteiger partial charge in [0, 0.05) is 26.2 Å². The Kier molecular flexibility index (Phi) is 7.12.